The van der Waals surface area contributed by atoms with Gasteiger partial charge < -0.3 is 9.26 Å². The number of carbonyl (C=O) groups excluding carboxylic acids is 1. The van der Waals surface area contributed by atoms with E-state index in [-0.39, 0.29) is 11.7 Å². The summed E-state index contributed by atoms with van der Waals surface area (Å²) in [5.74, 6) is -0.355. The lowest BCUT2D eigenvalue weighted by Crippen LogP contribution is -2.13. The molecule has 0 saturated carbocycles. The lowest BCUT2D eigenvalue weighted by Gasteiger charge is -2.04. The maximum absolute atomic E-state index is 12.1. The van der Waals surface area contributed by atoms with Crippen molar-refractivity contribution in [2.45, 2.75) is 25.4 Å². The zero-order chi connectivity index (χ0) is 14.1. The SMILES string of the molecule is O=C(Cc1nc(C2Cc3ccccc3O2)no1)C(F)F. The fourth-order valence-corrected chi connectivity index (χ4v) is 2.02. The number of hydrogen-bond donors (Lipinski definition) is 0. The number of para-hydroxylation sites is 1. The zero-order valence-corrected chi connectivity index (χ0v) is 10.3. The maximum Gasteiger partial charge on any atom is 0.296 e. The van der Waals surface area contributed by atoms with E-state index < -0.39 is 24.7 Å². The van der Waals surface area contributed by atoms with Crippen molar-refractivity contribution in [3.63, 3.8) is 0 Å². The van der Waals surface area contributed by atoms with Crippen LogP contribution < -0.4 is 4.74 Å². The third-order valence-corrected chi connectivity index (χ3v) is 2.99. The third kappa shape index (κ3) is 2.38. The second kappa shape index (κ2) is 4.99. The van der Waals surface area contributed by atoms with Gasteiger partial charge in [-0.1, -0.05) is 23.4 Å². The number of benzene rings is 1. The first-order valence-corrected chi connectivity index (χ1v) is 6.01. The van der Waals surface area contributed by atoms with Gasteiger partial charge in [-0.05, 0) is 11.6 Å². The molecule has 0 saturated heterocycles. The van der Waals surface area contributed by atoms with Crippen molar-refractivity contribution in [1.29, 1.82) is 0 Å². The van der Waals surface area contributed by atoms with E-state index in [1.807, 2.05) is 24.3 Å². The van der Waals surface area contributed by atoms with E-state index in [1.54, 1.807) is 0 Å². The van der Waals surface area contributed by atoms with Gasteiger partial charge in [0.25, 0.3) is 6.43 Å². The minimum atomic E-state index is -3.03. The second-order valence-corrected chi connectivity index (χ2v) is 4.41. The van der Waals surface area contributed by atoms with Gasteiger partial charge in [0, 0.05) is 6.42 Å². The van der Waals surface area contributed by atoms with Crippen molar-refractivity contribution in [3.05, 3.63) is 41.5 Å². The van der Waals surface area contributed by atoms with Gasteiger partial charge in [0.2, 0.25) is 17.5 Å². The van der Waals surface area contributed by atoms with Crippen LogP contribution in [0.3, 0.4) is 0 Å². The first-order valence-electron chi connectivity index (χ1n) is 6.01. The number of nitrogens with zero attached hydrogens (tertiary/aromatic N) is 2. The van der Waals surface area contributed by atoms with Gasteiger partial charge in [-0.2, -0.15) is 4.98 Å². The summed E-state index contributed by atoms with van der Waals surface area (Å²) < 4.78 is 34.7. The van der Waals surface area contributed by atoms with Crippen molar-refractivity contribution in [1.82, 2.24) is 10.1 Å². The lowest BCUT2D eigenvalue weighted by molar-refractivity contribution is -0.129. The number of ether oxygens (including phenoxy) is 1. The number of fused-ring (bicyclic) bond motifs is 1. The van der Waals surface area contributed by atoms with E-state index in [0.29, 0.717) is 6.42 Å². The van der Waals surface area contributed by atoms with Crippen molar-refractivity contribution in [3.8, 4) is 5.75 Å². The molecule has 0 N–H and O–H groups in total. The third-order valence-electron chi connectivity index (χ3n) is 2.99. The number of rotatable bonds is 4. The van der Waals surface area contributed by atoms with Gasteiger partial charge in [0.15, 0.2) is 6.10 Å². The van der Waals surface area contributed by atoms with Crippen LogP contribution in [0.1, 0.15) is 23.4 Å². The topological polar surface area (TPSA) is 65.2 Å². The normalized spacial score (nSPS) is 17.1. The summed E-state index contributed by atoms with van der Waals surface area (Å²) in [7, 11) is 0. The molecule has 1 unspecified atom stereocenters. The van der Waals surface area contributed by atoms with Crippen LogP contribution in [-0.4, -0.2) is 22.3 Å². The number of Topliss-reactive ketones (excluding diaryl/α,β-unsaturated/α-hetero) is 1. The zero-order valence-electron chi connectivity index (χ0n) is 10.3. The van der Waals surface area contributed by atoms with E-state index in [2.05, 4.69) is 10.1 Å². The highest BCUT2D eigenvalue weighted by Crippen LogP contribution is 2.35. The van der Waals surface area contributed by atoms with Crippen LogP contribution >= 0.6 is 0 Å². The molecule has 3 rings (SSSR count). The summed E-state index contributed by atoms with van der Waals surface area (Å²) in [4.78, 5) is 14.9. The predicted molar refractivity (Wildman–Crippen MR) is 62.5 cm³/mol. The molecule has 1 aliphatic rings. The summed E-state index contributed by atoms with van der Waals surface area (Å²) in [5, 5.41) is 3.69. The van der Waals surface area contributed by atoms with Gasteiger partial charge in [-0.25, -0.2) is 8.78 Å². The molecule has 0 spiro atoms. The highest BCUT2D eigenvalue weighted by Gasteiger charge is 2.29. The Balaban J connectivity index is 1.71. The molecule has 1 atom stereocenters. The molecule has 1 aliphatic heterocycles. The standard InChI is InChI=1S/C13H10F2N2O3/c14-12(15)8(18)6-11-16-13(17-20-11)10-5-7-3-1-2-4-9(7)19-10/h1-4,10,12H,5-6H2. The largest absolute Gasteiger partial charge is 0.482 e. The van der Waals surface area contributed by atoms with E-state index >= 15 is 0 Å². The molecule has 0 amide bonds. The smallest absolute Gasteiger partial charge is 0.296 e. The Labute approximate surface area is 112 Å². The average Bonchev–Trinajstić information content (AvgIpc) is 3.03. The van der Waals surface area contributed by atoms with Crippen LogP contribution in [0.5, 0.6) is 5.75 Å². The first kappa shape index (κ1) is 12.7. The van der Waals surface area contributed by atoms with Crippen LogP contribution in [0.15, 0.2) is 28.8 Å². The quantitative estimate of drug-likeness (QED) is 0.858. The summed E-state index contributed by atoms with van der Waals surface area (Å²) in [6, 6.07) is 7.50. The van der Waals surface area contributed by atoms with Crippen molar-refractivity contribution in [2.24, 2.45) is 0 Å². The molecule has 2 heterocycles. The van der Waals surface area contributed by atoms with Gasteiger partial charge in [0.05, 0.1) is 6.42 Å². The summed E-state index contributed by atoms with van der Waals surface area (Å²) in [6.45, 7) is 0. The van der Waals surface area contributed by atoms with Gasteiger partial charge in [0.1, 0.15) is 5.75 Å². The van der Waals surface area contributed by atoms with Crippen LogP contribution in [0.25, 0.3) is 0 Å². The van der Waals surface area contributed by atoms with Crippen LogP contribution in [0.2, 0.25) is 0 Å². The molecule has 0 fully saturated rings. The molecule has 7 heteroatoms. The summed E-state index contributed by atoms with van der Waals surface area (Å²) >= 11 is 0. The number of halogens is 2. The van der Waals surface area contributed by atoms with Gasteiger partial charge in [-0.3, -0.25) is 4.79 Å². The molecule has 0 radical (unpaired) electrons. The molecular formula is C13H10F2N2O3. The summed E-state index contributed by atoms with van der Waals surface area (Å²) in [5.41, 5.74) is 1.02. The minimum absolute atomic E-state index is 0.121. The molecule has 1 aromatic carbocycles. The van der Waals surface area contributed by atoms with Gasteiger partial charge in [-0.15, -0.1) is 0 Å². The summed E-state index contributed by atoms with van der Waals surface area (Å²) in [6.07, 6.45) is -3.42. The molecular weight excluding hydrogens is 270 g/mol. The van der Waals surface area contributed by atoms with Crippen LogP contribution in [-0.2, 0) is 17.6 Å². The molecule has 1 aromatic heterocycles. The molecule has 0 aliphatic carbocycles. The molecule has 0 bridgehead atoms. The molecule has 5 nitrogen and oxygen atoms in total. The fourth-order valence-electron chi connectivity index (χ4n) is 2.02. The highest BCUT2D eigenvalue weighted by atomic mass is 19.3. The molecule has 104 valence electrons. The Kier molecular flexibility index (Phi) is 3.17. The van der Waals surface area contributed by atoms with Crippen LogP contribution in [0, 0.1) is 0 Å². The van der Waals surface area contributed by atoms with E-state index in [0.717, 1.165) is 11.3 Å². The first-order chi connectivity index (χ1) is 9.63. The Morgan fingerprint density at radius 3 is 2.95 bits per heavy atom. The second-order valence-electron chi connectivity index (χ2n) is 4.41. The van der Waals surface area contributed by atoms with Crippen molar-refractivity contribution < 1.29 is 22.8 Å². The lowest BCUT2D eigenvalue weighted by atomic mass is 10.1. The Hall–Kier alpha value is -2.31. The number of carbonyl (C=O) groups is 1. The predicted octanol–water partition coefficient (Wildman–Crippen LogP) is 2.12. The molecule has 20 heavy (non-hydrogen) atoms. The Morgan fingerprint density at radius 1 is 1.40 bits per heavy atom. The Bertz CT molecular complexity index is 617. The number of ketones is 1. The maximum atomic E-state index is 12.1. The minimum Gasteiger partial charge on any atom is -0.482 e. The molecule has 2 aromatic rings. The van der Waals surface area contributed by atoms with Crippen molar-refractivity contribution in [2.75, 3.05) is 0 Å². The monoisotopic (exact) mass is 280 g/mol. The van der Waals surface area contributed by atoms with E-state index in [9.17, 15) is 13.6 Å². The Morgan fingerprint density at radius 2 is 2.20 bits per heavy atom. The van der Waals surface area contributed by atoms with Gasteiger partial charge >= 0.3 is 0 Å². The van der Waals surface area contributed by atoms with E-state index in [4.69, 9.17) is 9.26 Å². The fraction of sp³-hybridized carbons (Fsp3) is 0.308. The highest BCUT2D eigenvalue weighted by molar-refractivity contribution is 5.82. The van der Waals surface area contributed by atoms with E-state index in [1.165, 1.54) is 0 Å². The number of alkyl halides is 2. The van der Waals surface area contributed by atoms with Crippen molar-refractivity contribution >= 4 is 5.78 Å². The average molecular weight is 280 g/mol. The number of hydrogen-bond acceptors (Lipinski definition) is 5. The number of aromatic nitrogens is 2. The van der Waals surface area contributed by atoms with Crippen LogP contribution in [0.4, 0.5) is 8.78 Å².